The smallest absolute Gasteiger partial charge is 0.243 e. The van der Waals surface area contributed by atoms with Gasteiger partial charge < -0.3 is 0 Å². The number of carbonyl (C=O) groups is 1. The zero-order chi connectivity index (χ0) is 14.5. The fourth-order valence-electron chi connectivity index (χ4n) is 3.20. The number of hydrogen-bond acceptors (Lipinski definition) is 2. The van der Waals surface area contributed by atoms with Gasteiger partial charge in [0.25, 0.3) is 0 Å². The molecule has 112 valence electrons. The zero-order valence-electron chi connectivity index (χ0n) is 12.6. The quantitative estimate of drug-likeness (QED) is 0.837. The molecule has 3 heteroatoms. The summed E-state index contributed by atoms with van der Waals surface area (Å²) in [6.45, 7) is 0. The summed E-state index contributed by atoms with van der Waals surface area (Å²) in [6, 6.07) is 10.3. The Morgan fingerprint density at radius 3 is 2.38 bits per heavy atom. The van der Waals surface area contributed by atoms with Crippen LogP contribution in [0.2, 0.25) is 0 Å². The van der Waals surface area contributed by atoms with Crippen molar-refractivity contribution in [3.05, 3.63) is 35.9 Å². The lowest BCUT2D eigenvalue weighted by molar-refractivity contribution is -0.122. The molecule has 0 radical (unpaired) electrons. The predicted octanol–water partition coefficient (Wildman–Crippen LogP) is 4.01. The Labute approximate surface area is 126 Å². The van der Waals surface area contributed by atoms with Gasteiger partial charge in [-0.1, -0.05) is 49.6 Å². The average molecular weight is 284 g/mol. The molecule has 2 atom stereocenters. The average Bonchev–Trinajstić information content (AvgIpc) is 3.27. The van der Waals surface area contributed by atoms with Crippen molar-refractivity contribution < 1.29 is 4.79 Å². The standard InChI is InChI=1S/C18H24N2O/c21-18(17-13-16(17)14-9-5-4-6-10-14)20-19-15-11-7-2-1-3-8-12-15/h4-6,9-10,16-17H,1-3,7-8,11-13H2,(H,20,21). The van der Waals surface area contributed by atoms with Gasteiger partial charge in [0.15, 0.2) is 0 Å². The Bertz CT molecular complexity index is 499. The summed E-state index contributed by atoms with van der Waals surface area (Å²) in [6.07, 6.45) is 9.42. The highest BCUT2D eigenvalue weighted by Crippen LogP contribution is 2.47. The molecule has 0 saturated heterocycles. The Kier molecular flexibility index (Phi) is 4.69. The van der Waals surface area contributed by atoms with Crippen molar-refractivity contribution in [3.63, 3.8) is 0 Å². The van der Waals surface area contributed by atoms with Crippen LogP contribution in [0.4, 0.5) is 0 Å². The van der Waals surface area contributed by atoms with E-state index in [1.165, 1.54) is 43.4 Å². The van der Waals surface area contributed by atoms with E-state index in [1.54, 1.807) is 0 Å². The van der Waals surface area contributed by atoms with Crippen molar-refractivity contribution >= 4 is 11.6 Å². The molecule has 0 aromatic heterocycles. The van der Waals surface area contributed by atoms with Gasteiger partial charge in [-0.05, 0) is 43.6 Å². The van der Waals surface area contributed by atoms with Crippen LogP contribution in [-0.4, -0.2) is 11.6 Å². The minimum atomic E-state index is 0.0958. The van der Waals surface area contributed by atoms with Gasteiger partial charge in [0.05, 0.1) is 0 Å². The van der Waals surface area contributed by atoms with Crippen molar-refractivity contribution in [2.45, 2.75) is 57.3 Å². The summed E-state index contributed by atoms with van der Waals surface area (Å²) in [5.74, 6) is 0.604. The van der Waals surface area contributed by atoms with Crippen LogP contribution < -0.4 is 5.43 Å². The van der Waals surface area contributed by atoms with Gasteiger partial charge >= 0.3 is 0 Å². The van der Waals surface area contributed by atoms with E-state index in [2.05, 4.69) is 22.7 Å². The molecule has 0 aliphatic heterocycles. The maximum absolute atomic E-state index is 12.2. The normalized spacial score (nSPS) is 25.6. The van der Waals surface area contributed by atoms with Crippen LogP contribution in [0.3, 0.4) is 0 Å². The second-order valence-corrected chi connectivity index (χ2v) is 6.28. The molecule has 1 aromatic carbocycles. The molecule has 1 N–H and O–H groups in total. The highest BCUT2D eigenvalue weighted by Gasteiger charge is 2.43. The topological polar surface area (TPSA) is 41.5 Å². The van der Waals surface area contributed by atoms with E-state index in [4.69, 9.17) is 0 Å². The van der Waals surface area contributed by atoms with E-state index in [-0.39, 0.29) is 11.8 Å². The number of amides is 1. The van der Waals surface area contributed by atoms with Crippen LogP contribution in [-0.2, 0) is 4.79 Å². The minimum absolute atomic E-state index is 0.0958. The first-order valence-electron chi connectivity index (χ1n) is 8.25. The van der Waals surface area contributed by atoms with E-state index in [0.29, 0.717) is 5.92 Å². The second-order valence-electron chi connectivity index (χ2n) is 6.28. The van der Waals surface area contributed by atoms with Gasteiger partial charge in [-0.3, -0.25) is 4.79 Å². The fourth-order valence-corrected chi connectivity index (χ4v) is 3.20. The number of hydrogen-bond donors (Lipinski definition) is 1. The minimum Gasteiger partial charge on any atom is -0.273 e. The maximum atomic E-state index is 12.2. The van der Waals surface area contributed by atoms with Crippen LogP contribution in [0.5, 0.6) is 0 Å². The highest BCUT2D eigenvalue weighted by atomic mass is 16.2. The third kappa shape index (κ3) is 3.93. The van der Waals surface area contributed by atoms with Crippen LogP contribution in [0, 0.1) is 5.92 Å². The van der Waals surface area contributed by atoms with Crippen LogP contribution >= 0.6 is 0 Å². The van der Waals surface area contributed by atoms with Gasteiger partial charge in [0.2, 0.25) is 5.91 Å². The molecular formula is C18H24N2O. The summed E-state index contributed by atoms with van der Waals surface area (Å²) in [5.41, 5.74) is 5.27. The molecule has 1 aromatic rings. The van der Waals surface area contributed by atoms with Crippen molar-refractivity contribution in [1.82, 2.24) is 5.43 Å². The molecule has 1 amide bonds. The Morgan fingerprint density at radius 1 is 1.00 bits per heavy atom. The van der Waals surface area contributed by atoms with Crippen LogP contribution in [0.15, 0.2) is 35.4 Å². The van der Waals surface area contributed by atoms with E-state index in [0.717, 1.165) is 19.3 Å². The van der Waals surface area contributed by atoms with Gasteiger partial charge in [-0.2, -0.15) is 5.10 Å². The third-order valence-corrected chi connectivity index (χ3v) is 4.61. The lowest BCUT2D eigenvalue weighted by Gasteiger charge is -2.10. The number of nitrogens with one attached hydrogen (secondary N) is 1. The SMILES string of the molecule is O=C(NN=C1CCCCCCC1)C1CC1c1ccccc1. The number of carbonyl (C=O) groups excluding carboxylic acids is 1. The molecule has 3 rings (SSSR count). The molecule has 2 unspecified atom stereocenters. The van der Waals surface area contributed by atoms with Crippen LogP contribution in [0.1, 0.15) is 62.8 Å². The molecule has 2 aliphatic rings. The number of rotatable bonds is 3. The monoisotopic (exact) mass is 284 g/mol. The van der Waals surface area contributed by atoms with E-state index < -0.39 is 0 Å². The Hall–Kier alpha value is -1.64. The van der Waals surface area contributed by atoms with Crippen LogP contribution in [0.25, 0.3) is 0 Å². The number of hydrazone groups is 1. The zero-order valence-corrected chi connectivity index (χ0v) is 12.6. The maximum Gasteiger partial charge on any atom is 0.243 e. The largest absolute Gasteiger partial charge is 0.273 e. The van der Waals surface area contributed by atoms with Gasteiger partial charge in [-0.15, -0.1) is 0 Å². The number of benzene rings is 1. The lowest BCUT2D eigenvalue weighted by Crippen LogP contribution is -2.22. The number of nitrogens with zero attached hydrogens (tertiary/aromatic N) is 1. The lowest BCUT2D eigenvalue weighted by atomic mass is 9.99. The van der Waals surface area contributed by atoms with E-state index in [1.807, 2.05) is 18.2 Å². The van der Waals surface area contributed by atoms with Gasteiger partial charge in [-0.25, -0.2) is 5.43 Å². The van der Waals surface area contributed by atoms with Gasteiger partial charge in [0.1, 0.15) is 0 Å². The first kappa shape index (κ1) is 14.3. The Morgan fingerprint density at radius 2 is 1.67 bits per heavy atom. The highest BCUT2D eigenvalue weighted by molar-refractivity contribution is 5.88. The molecule has 0 spiro atoms. The molecule has 0 bridgehead atoms. The van der Waals surface area contributed by atoms with E-state index >= 15 is 0 Å². The summed E-state index contributed by atoms with van der Waals surface area (Å²) in [7, 11) is 0. The first-order valence-corrected chi connectivity index (χ1v) is 8.25. The summed E-state index contributed by atoms with van der Waals surface area (Å²) < 4.78 is 0. The van der Waals surface area contributed by atoms with Crippen molar-refractivity contribution in [1.29, 1.82) is 0 Å². The van der Waals surface area contributed by atoms with Crippen molar-refractivity contribution in [3.8, 4) is 0 Å². The first-order chi connectivity index (χ1) is 10.3. The fraction of sp³-hybridized carbons (Fsp3) is 0.556. The van der Waals surface area contributed by atoms with E-state index in [9.17, 15) is 4.79 Å². The summed E-state index contributed by atoms with van der Waals surface area (Å²) in [5, 5.41) is 4.39. The second kappa shape index (κ2) is 6.88. The molecule has 2 fully saturated rings. The molecule has 0 heterocycles. The van der Waals surface area contributed by atoms with Crippen molar-refractivity contribution in [2.75, 3.05) is 0 Å². The van der Waals surface area contributed by atoms with Gasteiger partial charge in [0, 0.05) is 11.6 Å². The summed E-state index contributed by atoms with van der Waals surface area (Å²) in [4.78, 5) is 12.2. The Balaban J connectivity index is 1.51. The summed E-state index contributed by atoms with van der Waals surface area (Å²) >= 11 is 0. The molecular weight excluding hydrogens is 260 g/mol. The molecule has 2 aliphatic carbocycles. The molecule has 21 heavy (non-hydrogen) atoms. The third-order valence-electron chi connectivity index (χ3n) is 4.61. The molecule has 2 saturated carbocycles. The molecule has 3 nitrogen and oxygen atoms in total. The predicted molar refractivity (Wildman–Crippen MR) is 85.2 cm³/mol. The van der Waals surface area contributed by atoms with Crippen molar-refractivity contribution in [2.24, 2.45) is 11.0 Å².